The largest absolute Gasteiger partial charge is 0.490 e. The number of aromatic nitrogens is 4. The number of ether oxygens (including phenoxy) is 2. The number of hydrogen-bond acceptors (Lipinski definition) is 6. The van der Waals surface area contributed by atoms with Gasteiger partial charge in [-0.25, -0.2) is 9.97 Å². The van der Waals surface area contributed by atoms with Crippen LogP contribution in [0.5, 0.6) is 11.5 Å². The molecule has 2 aromatic heterocycles. The van der Waals surface area contributed by atoms with Gasteiger partial charge in [-0.15, -0.1) is 0 Å². The number of aromatic amines is 1. The van der Waals surface area contributed by atoms with Crippen molar-refractivity contribution < 1.29 is 9.47 Å². The molecular formula is C15H15N5O2. The molecule has 0 unspecified atom stereocenters. The maximum Gasteiger partial charge on any atom is 0.161 e. The fourth-order valence-corrected chi connectivity index (χ4v) is 2.41. The van der Waals surface area contributed by atoms with Crippen LogP contribution < -0.4 is 14.8 Å². The summed E-state index contributed by atoms with van der Waals surface area (Å²) < 4.78 is 11.3. The molecule has 0 spiro atoms. The van der Waals surface area contributed by atoms with Crippen molar-refractivity contribution in [3.8, 4) is 11.5 Å². The van der Waals surface area contributed by atoms with Crippen LogP contribution in [0.1, 0.15) is 12.0 Å². The smallest absolute Gasteiger partial charge is 0.161 e. The number of anilines is 1. The molecule has 2 N–H and O–H groups in total. The van der Waals surface area contributed by atoms with Gasteiger partial charge in [-0.05, 0) is 17.7 Å². The van der Waals surface area contributed by atoms with E-state index in [0.29, 0.717) is 19.8 Å². The molecule has 7 heteroatoms. The predicted molar refractivity (Wildman–Crippen MR) is 81.1 cm³/mol. The first-order chi connectivity index (χ1) is 10.9. The highest BCUT2D eigenvalue weighted by molar-refractivity contribution is 5.85. The molecule has 3 heterocycles. The Bertz CT molecular complexity index is 801. The molecule has 0 aliphatic carbocycles. The van der Waals surface area contributed by atoms with Crippen LogP contribution in [-0.2, 0) is 6.54 Å². The molecule has 0 saturated heterocycles. The third kappa shape index (κ3) is 2.41. The first-order valence-electron chi connectivity index (χ1n) is 7.16. The summed E-state index contributed by atoms with van der Waals surface area (Å²) in [5.41, 5.74) is 1.82. The zero-order valence-corrected chi connectivity index (χ0v) is 11.9. The summed E-state index contributed by atoms with van der Waals surface area (Å²) in [6.07, 6.45) is 4.13. The van der Waals surface area contributed by atoms with Gasteiger partial charge in [-0.3, -0.25) is 5.10 Å². The fraction of sp³-hybridized carbons (Fsp3) is 0.267. The van der Waals surface area contributed by atoms with Crippen LogP contribution in [0, 0.1) is 0 Å². The predicted octanol–water partition coefficient (Wildman–Crippen LogP) is 2.13. The van der Waals surface area contributed by atoms with E-state index in [1.165, 1.54) is 6.33 Å². The van der Waals surface area contributed by atoms with Crippen molar-refractivity contribution in [2.24, 2.45) is 0 Å². The zero-order valence-electron chi connectivity index (χ0n) is 11.9. The van der Waals surface area contributed by atoms with Crippen LogP contribution in [0.15, 0.2) is 30.7 Å². The second-order valence-electron chi connectivity index (χ2n) is 5.04. The van der Waals surface area contributed by atoms with Gasteiger partial charge in [-0.1, -0.05) is 6.07 Å². The highest BCUT2D eigenvalue weighted by Crippen LogP contribution is 2.30. The number of benzene rings is 1. The maximum absolute atomic E-state index is 5.71. The molecule has 0 radical (unpaired) electrons. The lowest BCUT2D eigenvalue weighted by Crippen LogP contribution is -2.03. The minimum absolute atomic E-state index is 0.633. The Kier molecular flexibility index (Phi) is 3.23. The monoisotopic (exact) mass is 297 g/mol. The molecule has 1 aliphatic heterocycles. The number of nitrogens with zero attached hydrogens (tertiary/aromatic N) is 3. The Morgan fingerprint density at radius 2 is 2.05 bits per heavy atom. The normalized spacial score (nSPS) is 13.8. The topological polar surface area (TPSA) is 85.0 Å². The Labute approximate surface area is 126 Å². The molecule has 0 atom stereocenters. The molecule has 1 aromatic carbocycles. The molecule has 112 valence electrons. The van der Waals surface area contributed by atoms with E-state index in [-0.39, 0.29) is 0 Å². The van der Waals surface area contributed by atoms with E-state index in [1.54, 1.807) is 6.20 Å². The SMILES string of the molecule is c1nc(NCc2ccc3c(c2)OCCCO3)c2cn[nH]c2n1. The van der Waals surface area contributed by atoms with Crippen LogP contribution in [0.25, 0.3) is 11.0 Å². The van der Waals surface area contributed by atoms with Crippen LogP contribution in [0.3, 0.4) is 0 Å². The standard InChI is InChI=1S/C15H15N5O2/c1-4-21-12-3-2-10(6-13(12)22-5-1)7-16-14-11-8-19-20-15(11)18-9-17-14/h2-3,6,8-9H,1,4-5,7H2,(H2,16,17,18,19,20). The number of H-pyrrole nitrogens is 1. The van der Waals surface area contributed by atoms with Crippen LogP contribution in [0.2, 0.25) is 0 Å². The first-order valence-corrected chi connectivity index (χ1v) is 7.16. The Morgan fingerprint density at radius 1 is 1.14 bits per heavy atom. The number of rotatable bonds is 3. The summed E-state index contributed by atoms with van der Waals surface area (Å²) in [4.78, 5) is 8.38. The lowest BCUT2D eigenvalue weighted by atomic mass is 10.2. The first kappa shape index (κ1) is 12.9. The average molecular weight is 297 g/mol. The third-order valence-corrected chi connectivity index (χ3v) is 3.52. The lowest BCUT2D eigenvalue weighted by Gasteiger charge is -2.10. The van der Waals surface area contributed by atoms with Crippen molar-refractivity contribution in [3.63, 3.8) is 0 Å². The minimum Gasteiger partial charge on any atom is -0.490 e. The van der Waals surface area contributed by atoms with Crippen molar-refractivity contribution >= 4 is 16.9 Å². The summed E-state index contributed by atoms with van der Waals surface area (Å²) in [7, 11) is 0. The van der Waals surface area contributed by atoms with Crippen molar-refractivity contribution in [2.45, 2.75) is 13.0 Å². The van der Waals surface area contributed by atoms with Gasteiger partial charge >= 0.3 is 0 Å². The number of hydrogen-bond donors (Lipinski definition) is 2. The zero-order chi connectivity index (χ0) is 14.8. The summed E-state index contributed by atoms with van der Waals surface area (Å²) in [5, 5.41) is 11.0. The van der Waals surface area contributed by atoms with Gasteiger partial charge in [0.05, 0.1) is 24.8 Å². The number of nitrogens with one attached hydrogen (secondary N) is 2. The van der Waals surface area contributed by atoms with Crippen LogP contribution >= 0.6 is 0 Å². The lowest BCUT2D eigenvalue weighted by molar-refractivity contribution is 0.297. The van der Waals surface area contributed by atoms with Crippen molar-refractivity contribution in [3.05, 3.63) is 36.3 Å². The second-order valence-corrected chi connectivity index (χ2v) is 5.04. The Hall–Kier alpha value is -2.83. The van der Waals surface area contributed by atoms with Crippen molar-refractivity contribution in [1.82, 2.24) is 20.2 Å². The van der Waals surface area contributed by atoms with Gasteiger partial charge in [0.1, 0.15) is 12.1 Å². The molecule has 22 heavy (non-hydrogen) atoms. The van der Waals surface area contributed by atoms with E-state index < -0.39 is 0 Å². The molecule has 7 nitrogen and oxygen atoms in total. The minimum atomic E-state index is 0.633. The van der Waals surface area contributed by atoms with Gasteiger partial charge in [0.2, 0.25) is 0 Å². The highest BCUT2D eigenvalue weighted by Gasteiger charge is 2.11. The van der Waals surface area contributed by atoms with E-state index in [0.717, 1.165) is 40.3 Å². The quantitative estimate of drug-likeness (QED) is 0.770. The fourth-order valence-electron chi connectivity index (χ4n) is 2.41. The molecule has 0 bridgehead atoms. The van der Waals surface area contributed by atoms with Gasteiger partial charge in [0.15, 0.2) is 17.1 Å². The molecular weight excluding hydrogens is 282 g/mol. The molecule has 4 rings (SSSR count). The number of fused-ring (bicyclic) bond motifs is 2. The van der Waals surface area contributed by atoms with Crippen molar-refractivity contribution in [1.29, 1.82) is 0 Å². The van der Waals surface area contributed by atoms with Crippen LogP contribution in [0.4, 0.5) is 5.82 Å². The Balaban J connectivity index is 1.54. The molecule has 0 amide bonds. The summed E-state index contributed by atoms with van der Waals surface area (Å²) in [6, 6.07) is 5.97. The highest BCUT2D eigenvalue weighted by atomic mass is 16.5. The van der Waals surface area contributed by atoms with E-state index in [9.17, 15) is 0 Å². The molecule has 0 saturated carbocycles. The van der Waals surface area contributed by atoms with E-state index >= 15 is 0 Å². The van der Waals surface area contributed by atoms with Gasteiger partial charge in [-0.2, -0.15) is 5.10 Å². The summed E-state index contributed by atoms with van der Waals surface area (Å²) >= 11 is 0. The van der Waals surface area contributed by atoms with Gasteiger partial charge in [0, 0.05) is 13.0 Å². The average Bonchev–Trinajstić information content (AvgIpc) is 2.91. The summed E-state index contributed by atoms with van der Waals surface area (Å²) in [6.45, 7) is 2.02. The molecule has 3 aromatic rings. The molecule has 0 fully saturated rings. The van der Waals surface area contributed by atoms with E-state index in [1.807, 2.05) is 18.2 Å². The van der Waals surface area contributed by atoms with E-state index in [4.69, 9.17) is 9.47 Å². The third-order valence-electron chi connectivity index (χ3n) is 3.52. The van der Waals surface area contributed by atoms with Crippen LogP contribution in [-0.4, -0.2) is 33.4 Å². The van der Waals surface area contributed by atoms with Gasteiger partial charge < -0.3 is 14.8 Å². The Morgan fingerprint density at radius 3 is 3.00 bits per heavy atom. The summed E-state index contributed by atoms with van der Waals surface area (Å²) in [5.74, 6) is 2.36. The van der Waals surface area contributed by atoms with Crippen molar-refractivity contribution in [2.75, 3.05) is 18.5 Å². The molecule has 1 aliphatic rings. The second kappa shape index (κ2) is 5.51. The van der Waals surface area contributed by atoms with E-state index in [2.05, 4.69) is 25.5 Å². The maximum atomic E-state index is 5.71. The van der Waals surface area contributed by atoms with Gasteiger partial charge in [0.25, 0.3) is 0 Å².